The summed E-state index contributed by atoms with van der Waals surface area (Å²) < 4.78 is 5.24. The monoisotopic (exact) mass is 265 g/mol. The smallest absolute Gasteiger partial charge is 0.344 e. The molecule has 0 saturated carbocycles. The van der Waals surface area contributed by atoms with Crippen molar-refractivity contribution in [1.29, 1.82) is 0 Å². The standard InChI is InChI=1S/C16H10O4/c17-15(18)11-7-5-10(6-8-11)13-9-12-3-1-2-4-14(12)20-16(13)19/h1-9H,(H,17,18)/p-1. The van der Waals surface area contributed by atoms with E-state index in [0.717, 1.165) is 5.39 Å². The molecule has 0 amide bonds. The van der Waals surface area contributed by atoms with Crippen LogP contribution in [-0.4, -0.2) is 5.97 Å². The summed E-state index contributed by atoms with van der Waals surface area (Å²) in [4.78, 5) is 22.7. The second-order valence-corrected chi connectivity index (χ2v) is 4.35. The van der Waals surface area contributed by atoms with E-state index in [1.807, 2.05) is 12.1 Å². The fraction of sp³-hybridized carbons (Fsp3) is 0. The van der Waals surface area contributed by atoms with E-state index < -0.39 is 11.6 Å². The van der Waals surface area contributed by atoms with Gasteiger partial charge in [-0.25, -0.2) is 4.79 Å². The minimum absolute atomic E-state index is 0.0685. The van der Waals surface area contributed by atoms with E-state index in [1.165, 1.54) is 12.1 Å². The molecule has 2 aromatic carbocycles. The molecule has 1 heterocycles. The number of para-hydroxylation sites is 1. The lowest BCUT2D eigenvalue weighted by Crippen LogP contribution is -2.21. The predicted octanol–water partition coefficient (Wildman–Crippen LogP) is 1.82. The molecule has 0 aliphatic heterocycles. The van der Waals surface area contributed by atoms with Crippen molar-refractivity contribution in [1.82, 2.24) is 0 Å². The van der Waals surface area contributed by atoms with Gasteiger partial charge in [-0.2, -0.15) is 0 Å². The number of benzene rings is 2. The van der Waals surface area contributed by atoms with Crippen molar-refractivity contribution in [3.8, 4) is 11.1 Å². The van der Waals surface area contributed by atoms with Crippen molar-refractivity contribution in [3.05, 3.63) is 70.6 Å². The molecule has 0 aliphatic carbocycles. The van der Waals surface area contributed by atoms with Gasteiger partial charge >= 0.3 is 5.63 Å². The molecule has 0 atom stereocenters. The minimum atomic E-state index is -1.25. The van der Waals surface area contributed by atoms with Crippen molar-refractivity contribution in [2.75, 3.05) is 0 Å². The van der Waals surface area contributed by atoms with Crippen LogP contribution in [-0.2, 0) is 0 Å². The summed E-state index contributed by atoms with van der Waals surface area (Å²) in [5.74, 6) is -1.25. The molecule has 4 heteroatoms. The highest BCUT2D eigenvalue weighted by atomic mass is 16.4. The summed E-state index contributed by atoms with van der Waals surface area (Å²) >= 11 is 0. The Labute approximate surface area is 113 Å². The fourth-order valence-electron chi connectivity index (χ4n) is 2.05. The molecule has 3 rings (SSSR count). The zero-order valence-corrected chi connectivity index (χ0v) is 10.3. The van der Waals surface area contributed by atoms with Crippen molar-refractivity contribution >= 4 is 16.9 Å². The third kappa shape index (κ3) is 2.07. The van der Waals surface area contributed by atoms with Crippen molar-refractivity contribution in [3.63, 3.8) is 0 Å². The van der Waals surface area contributed by atoms with Gasteiger partial charge in [0.25, 0.3) is 0 Å². The third-order valence-electron chi connectivity index (χ3n) is 3.07. The van der Waals surface area contributed by atoms with E-state index in [0.29, 0.717) is 16.7 Å². The first kappa shape index (κ1) is 12.2. The number of rotatable bonds is 2. The zero-order valence-electron chi connectivity index (χ0n) is 10.3. The van der Waals surface area contributed by atoms with E-state index in [2.05, 4.69) is 0 Å². The van der Waals surface area contributed by atoms with Crippen LogP contribution in [0.2, 0.25) is 0 Å². The number of hydrogen-bond donors (Lipinski definition) is 0. The molecule has 0 aliphatic rings. The van der Waals surface area contributed by atoms with Crippen LogP contribution in [0.3, 0.4) is 0 Å². The molecule has 3 aromatic rings. The molecule has 0 bridgehead atoms. The van der Waals surface area contributed by atoms with Crippen molar-refractivity contribution in [2.24, 2.45) is 0 Å². The van der Waals surface area contributed by atoms with Gasteiger partial charge in [-0.1, -0.05) is 42.5 Å². The molecule has 0 spiro atoms. The number of carbonyl (C=O) groups excluding carboxylic acids is 1. The van der Waals surface area contributed by atoms with Gasteiger partial charge < -0.3 is 14.3 Å². The summed E-state index contributed by atoms with van der Waals surface area (Å²) in [5, 5.41) is 11.5. The molecule has 98 valence electrons. The summed E-state index contributed by atoms with van der Waals surface area (Å²) in [6.45, 7) is 0. The quantitative estimate of drug-likeness (QED) is 0.663. The van der Waals surface area contributed by atoms with Crippen LogP contribution in [0.15, 0.2) is 63.8 Å². The van der Waals surface area contributed by atoms with Crippen LogP contribution in [0.5, 0.6) is 0 Å². The summed E-state index contributed by atoms with van der Waals surface area (Å²) in [5.41, 5.74) is 1.14. The minimum Gasteiger partial charge on any atom is -0.545 e. The highest BCUT2D eigenvalue weighted by molar-refractivity contribution is 5.87. The summed E-state index contributed by atoms with van der Waals surface area (Å²) in [7, 11) is 0. The number of aromatic carboxylic acids is 1. The second-order valence-electron chi connectivity index (χ2n) is 4.35. The Bertz CT molecular complexity index is 844. The van der Waals surface area contributed by atoms with E-state index in [9.17, 15) is 14.7 Å². The van der Waals surface area contributed by atoms with E-state index in [1.54, 1.807) is 30.3 Å². The molecule has 0 saturated heterocycles. The Morgan fingerprint density at radius 3 is 2.40 bits per heavy atom. The number of hydrogen-bond acceptors (Lipinski definition) is 4. The van der Waals surface area contributed by atoms with E-state index in [-0.39, 0.29) is 5.56 Å². The zero-order chi connectivity index (χ0) is 14.1. The first-order valence-corrected chi connectivity index (χ1v) is 6.00. The van der Waals surface area contributed by atoms with Gasteiger partial charge in [0.2, 0.25) is 0 Å². The van der Waals surface area contributed by atoms with Gasteiger partial charge in [0.15, 0.2) is 0 Å². The average molecular weight is 265 g/mol. The van der Waals surface area contributed by atoms with Gasteiger partial charge in [-0.15, -0.1) is 0 Å². The third-order valence-corrected chi connectivity index (χ3v) is 3.07. The lowest BCUT2D eigenvalue weighted by Gasteiger charge is -2.05. The maximum Gasteiger partial charge on any atom is 0.344 e. The van der Waals surface area contributed by atoms with Crippen molar-refractivity contribution in [2.45, 2.75) is 0 Å². The lowest BCUT2D eigenvalue weighted by molar-refractivity contribution is -0.255. The number of fused-ring (bicyclic) bond motifs is 1. The largest absolute Gasteiger partial charge is 0.545 e. The Morgan fingerprint density at radius 1 is 1.00 bits per heavy atom. The maximum atomic E-state index is 12.0. The molecule has 0 fully saturated rings. The first-order chi connectivity index (χ1) is 9.65. The second kappa shape index (κ2) is 4.66. The number of carboxylic acids is 1. The van der Waals surface area contributed by atoms with Gasteiger partial charge in [0, 0.05) is 5.39 Å². The van der Waals surface area contributed by atoms with Crippen molar-refractivity contribution < 1.29 is 14.3 Å². The highest BCUT2D eigenvalue weighted by Gasteiger charge is 2.07. The molecule has 4 nitrogen and oxygen atoms in total. The van der Waals surface area contributed by atoms with E-state index >= 15 is 0 Å². The highest BCUT2D eigenvalue weighted by Crippen LogP contribution is 2.21. The Morgan fingerprint density at radius 2 is 1.70 bits per heavy atom. The molecular formula is C16H9O4-. The van der Waals surface area contributed by atoms with Crippen LogP contribution in [0, 0.1) is 0 Å². The van der Waals surface area contributed by atoms with Gasteiger partial charge in [0.1, 0.15) is 5.58 Å². The Kier molecular flexibility index (Phi) is 2.84. The van der Waals surface area contributed by atoms with Crippen LogP contribution in [0.1, 0.15) is 10.4 Å². The summed E-state index contributed by atoms with van der Waals surface area (Å²) in [6.07, 6.45) is 0. The normalized spacial score (nSPS) is 10.6. The molecule has 1 aromatic heterocycles. The van der Waals surface area contributed by atoms with E-state index in [4.69, 9.17) is 4.42 Å². The molecular weight excluding hydrogens is 256 g/mol. The van der Waals surface area contributed by atoms with Gasteiger partial charge in [-0.05, 0) is 23.3 Å². The molecule has 20 heavy (non-hydrogen) atoms. The van der Waals surface area contributed by atoms with Crippen LogP contribution >= 0.6 is 0 Å². The SMILES string of the molecule is O=C([O-])c1ccc(-c2cc3ccccc3oc2=O)cc1. The number of carbonyl (C=O) groups is 1. The van der Waals surface area contributed by atoms with Crippen LogP contribution in [0.25, 0.3) is 22.1 Å². The first-order valence-electron chi connectivity index (χ1n) is 6.00. The van der Waals surface area contributed by atoms with Gasteiger partial charge in [0.05, 0.1) is 11.5 Å². The average Bonchev–Trinajstić information content (AvgIpc) is 2.46. The van der Waals surface area contributed by atoms with Crippen LogP contribution < -0.4 is 10.7 Å². The van der Waals surface area contributed by atoms with Gasteiger partial charge in [-0.3, -0.25) is 0 Å². The predicted molar refractivity (Wildman–Crippen MR) is 72.3 cm³/mol. The molecule has 0 unspecified atom stereocenters. The lowest BCUT2D eigenvalue weighted by atomic mass is 10.0. The number of carboxylic acid groups (broad SMARTS) is 1. The Balaban J connectivity index is 2.16. The summed E-state index contributed by atoms with van der Waals surface area (Å²) in [6, 6.07) is 14.9. The molecule has 0 radical (unpaired) electrons. The fourth-order valence-corrected chi connectivity index (χ4v) is 2.05. The topological polar surface area (TPSA) is 70.3 Å². The maximum absolute atomic E-state index is 12.0. The Hall–Kier alpha value is -2.88. The van der Waals surface area contributed by atoms with Crippen LogP contribution in [0.4, 0.5) is 0 Å². The molecule has 0 N–H and O–H groups in total.